The molecule has 2 heterocycles. The Morgan fingerprint density at radius 2 is 1.62 bits per heavy atom. The van der Waals surface area contributed by atoms with Crippen LogP contribution in [0.1, 0.15) is 145 Å². The van der Waals surface area contributed by atoms with Gasteiger partial charge in [0.25, 0.3) is 0 Å². The summed E-state index contributed by atoms with van der Waals surface area (Å²) in [6, 6.07) is 0. The van der Waals surface area contributed by atoms with Gasteiger partial charge < -0.3 is 14.6 Å². The first-order chi connectivity index (χ1) is 26.1. The molecule has 6 fully saturated rings. The smallest absolute Gasteiger partial charge is 0.411 e. The zero-order valence-corrected chi connectivity index (χ0v) is 35.7. The fourth-order valence-corrected chi connectivity index (χ4v) is 14.4. The Morgan fingerprint density at radius 3 is 2.25 bits per heavy atom. The molecule has 5 saturated carbocycles. The van der Waals surface area contributed by atoms with Gasteiger partial charge >= 0.3 is 18.0 Å². The van der Waals surface area contributed by atoms with E-state index in [4.69, 9.17) is 21.1 Å². The van der Waals surface area contributed by atoms with Gasteiger partial charge in [-0.1, -0.05) is 60.1 Å². The molecule has 0 aromatic carbocycles. The minimum Gasteiger partial charge on any atom is -0.481 e. The van der Waals surface area contributed by atoms with Crippen LogP contribution >= 0.6 is 11.6 Å². The number of aliphatic carboxylic acids is 1. The highest BCUT2D eigenvalue weighted by Gasteiger charge is 2.72. The van der Waals surface area contributed by atoms with Crippen molar-refractivity contribution in [2.24, 2.45) is 56.2 Å². The topological polar surface area (TPSA) is 136 Å². The van der Waals surface area contributed by atoms with Gasteiger partial charge in [0.2, 0.25) is 0 Å². The van der Waals surface area contributed by atoms with Crippen LogP contribution in [-0.4, -0.2) is 62.5 Å². The van der Waals surface area contributed by atoms with E-state index in [1.54, 1.807) is 26.2 Å². The van der Waals surface area contributed by atoms with Crippen molar-refractivity contribution < 1.29 is 33.8 Å². The van der Waals surface area contributed by atoms with Gasteiger partial charge in [-0.15, -0.1) is 0 Å². The lowest BCUT2D eigenvalue weighted by atomic mass is 9.33. The second-order valence-corrected chi connectivity index (χ2v) is 21.7. The highest BCUT2D eigenvalue weighted by molar-refractivity contribution is 6.30. The van der Waals surface area contributed by atoms with Crippen LogP contribution in [0.15, 0.2) is 23.5 Å². The molecule has 0 spiro atoms. The van der Waals surface area contributed by atoms with Crippen LogP contribution in [0.25, 0.3) is 0 Å². The third kappa shape index (κ3) is 5.44. The average Bonchev–Trinajstić information content (AvgIpc) is 3.71. The second-order valence-electron chi connectivity index (χ2n) is 21.3. The van der Waals surface area contributed by atoms with Crippen molar-refractivity contribution in [3.63, 3.8) is 0 Å². The van der Waals surface area contributed by atoms with Crippen LogP contribution < -0.4 is 0 Å². The molecule has 1 unspecified atom stereocenters. The predicted octanol–water partition coefficient (Wildman–Crippen LogP) is 9.33. The molecule has 8 rings (SSSR count). The normalized spacial score (nSPS) is 39.7. The van der Waals surface area contributed by atoms with Gasteiger partial charge in [0.15, 0.2) is 11.6 Å². The monoisotopic (exact) mass is 791 g/mol. The van der Waals surface area contributed by atoms with Crippen molar-refractivity contribution in [1.29, 1.82) is 0 Å². The number of aromatic nitrogens is 2. The minimum atomic E-state index is -1.18. The number of fused-ring (bicyclic) bond motifs is 7. The number of allylic oxidation sites excluding steroid dienone is 1. The van der Waals surface area contributed by atoms with E-state index in [2.05, 4.69) is 58.4 Å². The highest BCUT2D eigenvalue weighted by atomic mass is 35.5. The molecule has 1 N–H and O–H groups in total. The third-order valence-corrected chi connectivity index (χ3v) is 17.8. The lowest BCUT2D eigenvalue weighted by molar-refractivity contribution is -0.234. The lowest BCUT2D eigenvalue weighted by Crippen LogP contribution is -2.66. The fraction of sp³-hybridized carbons (Fsp3) is 0.778. The van der Waals surface area contributed by atoms with Crippen molar-refractivity contribution in [1.82, 2.24) is 14.9 Å². The standard InChI is InChI=1S/C45H62ClN3O7/c1-25(2)34-28(50)20-44(32-24-49(38(54)56-32)45(18-19-45)36-47-22-26(46)23-48-36)17-16-42(8)27(35(34)44)10-11-30-41(7)14-13-31(55-33(51)21-39(3,4)37(52)53)40(5,6)29(41)12-15-43(30,42)9/h22-23,25,27,29-32H,10-21,24H2,1-9H3,(H,52,53)/t27-,29+,30-,31+,32-,41+,42-,43-,44?/m1/s1. The van der Waals surface area contributed by atoms with Gasteiger partial charge in [-0.3, -0.25) is 19.3 Å². The summed E-state index contributed by atoms with van der Waals surface area (Å²) in [6.07, 6.45) is 11.6. The number of amides is 1. The number of esters is 1. The van der Waals surface area contributed by atoms with Crippen LogP contribution in [0.2, 0.25) is 5.02 Å². The molecule has 0 bridgehead atoms. The maximum Gasteiger partial charge on any atom is 0.411 e. The van der Waals surface area contributed by atoms with E-state index in [9.17, 15) is 24.3 Å². The zero-order valence-electron chi connectivity index (χ0n) is 34.9. The maximum atomic E-state index is 14.3. The van der Waals surface area contributed by atoms with Crippen LogP contribution in [0.3, 0.4) is 0 Å². The Labute approximate surface area is 337 Å². The molecule has 9 atom stereocenters. The van der Waals surface area contributed by atoms with E-state index in [1.807, 2.05) is 4.90 Å². The fourth-order valence-electron chi connectivity index (χ4n) is 14.3. The molecule has 0 radical (unpaired) electrons. The van der Waals surface area contributed by atoms with E-state index in [1.165, 1.54) is 5.57 Å². The van der Waals surface area contributed by atoms with Crippen molar-refractivity contribution in [3.05, 3.63) is 34.4 Å². The summed E-state index contributed by atoms with van der Waals surface area (Å²) in [6.45, 7) is 20.0. The van der Waals surface area contributed by atoms with Gasteiger partial charge in [-0.05, 0) is 129 Å². The van der Waals surface area contributed by atoms with Gasteiger partial charge in [-0.25, -0.2) is 14.8 Å². The average molecular weight is 792 g/mol. The highest BCUT2D eigenvalue weighted by Crippen LogP contribution is 2.77. The van der Waals surface area contributed by atoms with Crippen LogP contribution in [0.5, 0.6) is 0 Å². The first-order valence-electron chi connectivity index (χ1n) is 21.2. The number of ether oxygens (including phenoxy) is 2. The van der Waals surface area contributed by atoms with E-state index in [0.717, 1.165) is 69.8 Å². The molecule has 7 aliphatic rings. The molecule has 306 valence electrons. The SMILES string of the molecule is CC(C)C1=C2[C@H]3CC[C@@H]4[C@@]5(C)CC[C@H](OC(=O)CC(C)(C)C(=O)O)C(C)(C)[C@@H]5CC[C@@]4(C)[C@]3(C)CCC2([C@H]2CN(C3(c4ncc(Cl)cn4)CC3)C(=O)O2)CC1=O. The van der Waals surface area contributed by atoms with E-state index in [-0.39, 0.29) is 57.9 Å². The van der Waals surface area contributed by atoms with Gasteiger partial charge in [-0.2, -0.15) is 0 Å². The summed E-state index contributed by atoms with van der Waals surface area (Å²) < 4.78 is 12.6. The molecule has 1 aromatic rings. The van der Waals surface area contributed by atoms with Crippen molar-refractivity contribution in [2.45, 2.75) is 157 Å². The van der Waals surface area contributed by atoms with Crippen LogP contribution in [0.4, 0.5) is 4.79 Å². The largest absolute Gasteiger partial charge is 0.481 e. The number of carbonyl (C=O) groups is 4. The molecule has 11 heteroatoms. The summed E-state index contributed by atoms with van der Waals surface area (Å²) in [5.74, 6) is 0.483. The number of hydrogen-bond acceptors (Lipinski definition) is 8. The zero-order chi connectivity index (χ0) is 40.6. The molecule has 1 saturated heterocycles. The number of rotatable bonds is 8. The minimum absolute atomic E-state index is 0.0154. The van der Waals surface area contributed by atoms with Gasteiger partial charge in [0.1, 0.15) is 17.7 Å². The van der Waals surface area contributed by atoms with Crippen LogP contribution in [0, 0.1) is 56.2 Å². The number of cyclic esters (lactones) is 1. The quantitative estimate of drug-likeness (QED) is 0.256. The molecule has 6 aliphatic carbocycles. The summed E-state index contributed by atoms with van der Waals surface area (Å²) in [4.78, 5) is 64.1. The number of halogens is 1. The number of hydrogen-bond donors (Lipinski definition) is 1. The molecule has 56 heavy (non-hydrogen) atoms. The second kappa shape index (κ2) is 12.7. The van der Waals surface area contributed by atoms with Gasteiger partial charge in [0, 0.05) is 29.6 Å². The number of carbonyl (C=O) groups excluding carboxylic acids is 3. The number of carboxylic acid groups (broad SMARTS) is 1. The number of ketones is 1. The number of carboxylic acids is 1. The third-order valence-electron chi connectivity index (χ3n) is 17.6. The first-order valence-corrected chi connectivity index (χ1v) is 21.6. The Morgan fingerprint density at radius 1 is 0.946 bits per heavy atom. The van der Waals surface area contributed by atoms with Crippen molar-refractivity contribution in [3.8, 4) is 0 Å². The van der Waals surface area contributed by atoms with Crippen molar-refractivity contribution in [2.75, 3.05) is 6.54 Å². The summed E-state index contributed by atoms with van der Waals surface area (Å²) in [5.41, 5.74) is -0.290. The molecule has 1 aromatic heterocycles. The Kier molecular flexibility index (Phi) is 9.06. The molecule has 1 aliphatic heterocycles. The van der Waals surface area contributed by atoms with E-state index < -0.39 is 34.4 Å². The predicted molar refractivity (Wildman–Crippen MR) is 210 cm³/mol. The van der Waals surface area contributed by atoms with Crippen LogP contribution in [-0.2, 0) is 29.4 Å². The maximum absolute atomic E-state index is 14.3. The van der Waals surface area contributed by atoms with Crippen molar-refractivity contribution >= 4 is 35.4 Å². The Balaban J connectivity index is 1.08. The van der Waals surface area contributed by atoms with Gasteiger partial charge in [0.05, 0.1) is 23.4 Å². The van der Waals surface area contributed by atoms with E-state index >= 15 is 0 Å². The number of nitrogens with zero attached hydrogens (tertiary/aromatic N) is 3. The Bertz CT molecular complexity index is 1890. The summed E-state index contributed by atoms with van der Waals surface area (Å²) in [7, 11) is 0. The van der Waals surface area contributed by atoms with E-state index in [0.29, 0.717) is 35.6 Å². The molecular formula is C45H62ClN3O7. The lowest BCUT2D eigenvalue weighted by Gasteiger charge is -2.72. The molecule has 1 amide bonds. The molecular weight excluding hydrogens is 730 g/mol. The molecule has 10 nitrogen and oxygen atoms in total. The number of Topliss-reactive ketones (excluding diaryl/α,β-unsaturated/α-hetero) is 1. The summed E-state index contributed by atoms with van der Waals surface area (Å²) >= 11 is 6.13. The first kappa shape index (κ1) is 39.8. The Hall–Kier alpha value is -3.01. The summed E-state index contributed by atoms with van der Waals surface area (Å²) in [5, 5.41) is 10.1.